The Labute approximate surface area is 104 Å². The van der Waals surface area contributed by atoms with Crippen LogP contribution >= 0.6 is 11.6 Å². The van der Waals surface area contributed by atoms with E-state index < -0.39 is 12.7 Å². The minimum atomic E-state index is -4.20. The van der Waals surface area contributed by atoms with Gasteiger partial charge in [-0.25, -0.2) is 0 Å². The first-order valence-electron chi connectivity index (χ1n) is 5.43. The van der Waals surface area contributed by atoms with E-state index in [1.165, 1.54) is 4.90 Å². The summed E-state index contributed by atoms with van der Waals surface area (Å²) in [7, 11) is 0. The highest BCUT2D eigenvalue weighted by molar-refractivity contribution is 6.17. The number of alkyl halides is 4. The Kier molecular flexibility index (Phi) is 5.12. The van der Waals surface area contributed by atoms with Crippen LogP contribution < -0.4 is 4.90 Å². The van der Waals surface area contributed by atoms with E-state index in [2.05, 4.69) is 0 Å². The molecule has 0 aliphatic heterocycles. The largest absolute Gasteiger partial charge is 0.405 e. The fourth-order valence-corrected chi connectivity index (χ4v) is 1.93. The lowest BCUT2D eigenvalue weighted by molar-refractivity contribution is -0.119. The Morgan fingerprint density at radius 3 is 2.41 bits per heavy atom. The molecule has 1 nitrogen and oxygen atoms in total. The number of rotatable bonds is 5. The molecule has 0 spiro atoms. The molecule has 0 unspecified atom stereocenters. The van der Waals surface area contributed by atoms with E-state index in [-0.39, 0.29) is 5.88 Å². The normalized spacial score (nSPS) is 11.6. The Morgan fingerprint density at radius 1 is 1.24 bits per heavy atom. The first-order chi connectivity index (χ1) is 7.98. The minimum absolute atomic E-state index is 0.217. The van der Waals surface area contributed by atoms with Crippen LogP contribution in [0.15, 0.2) is 24.3 Å². The SMILES string of the molecule is CCCN(CC(F)(F)F)c1ccccc1CCl. The summed E-state index contributed by atoms with van der Waals surface area (Å²) < 4.78 is 37.4. The molecular weight excluding hydrogens is 251 g/mol. The quantitative estimate of drug-likeness (QED) is 0.721. The van der Waals surface area contributed by atoms with Crippen LogP contribution in [0.25, 0.3) is 0 Å². The van der Waals surface area contributed by atoms with Gasteiger partial charge in [-0.05, 0) is 18.1 Å². The number of hydrogen-bond donors (Lipinski definition) is 0. The lowest BCUT2D eigenvalue weighted by atomic mass is 10.1. The Morgan fingerprint density at radius 2 is 1.88 bits per heavy atom. The zero-order valence-corrected chi connectivity index (χ0v) is 10.4. The summed E-state index contributed by atoms with van der Waals surface area (Å²) in [6, 6.07) is 6.93. The number of para-hydroxylation sites is 1. The number of halogens is 4. The molecule has 5 heteroatoms. The van der Waals surface area contributed by atoms with Crippen molar-refractivity contribution in [2.24, 2.45) is 0 Å². The molecule has 0 N–H and O–H groups in total. The second-order valence-electron chi connectivity index (χ2n) is 3.80. The monoisotopic (exact) mass is 265 g/mol. The molecule has 0 saturated carbocycles. The molecule has 0 aliphatic rings. The molecule has 1 aromatic rings. The van der Waals surface area contributed by atoms with Gasteiger partial charge in [-0.3, -0.25) is 0 Å². The minimum Gasteiger partial charge on any atom is -0.362 e. The van der Waals surface area contributed by atoms with Gasteiger partial charge in [0.25, 0.3) is 0 Å². The maximum atomic E-state index is 12.5. The van der Waals surface area contributed by atoms with E-state index >= 15 is 0 Å². The summed E-state index contributed by atoms with van der Waals surface area (Å²) in [5, 5.41) is 0. The Hall–Kier alpha value is -0.900. The number of benzene rings is 1. The Balaban J connectivity index is 2.96. The van der Waals surface area contributed by atoms with Gasteiger partial charge in [-0.15, -0.1) is 11.6 Å². The maximum absolute atomic E-state index is 12.5. The molecule has 0 amide bonds. The van der Waals surface area contributed by atoms with Crippen molar-refractivity contribution in [3.05, 3.63) is 29.8 Å². The molecule has 0 aromatic heterocycles. The van der Waals surface area contributed by atoms with Gasteiger partial charge in [-0.2, -0.15) is 13.2 Å². The predicted octanol–water partition coefficient (Wildman–Crippen LogP) is 4.20. The van der Waals surface area contributed by atoms with Gasteiger partial charge in [0.05, 0.1) is 0 Å². The molecule has 17 heavy (non-hydrogen) atoms. The van der Waals surface area contributed by atoms with Gasteiger partial charge in [-0.1, -0.05) is 25.1 Å². The van der Waals surface area contributed by atoms with Gasteiger partial charge >= 0.3 is 6.18 Å². The number of anilines is 1. The summed E-state index contributed by atoms with van der Waals surface area (Å²) >= 11 is 5.74. The van der Waals surface area contributed by atoms with Crippen LogP contribution in [-0.2, 0) is 5.88 Å². The molecule has 0 aliphatic carbocycles. The smallest absolute Gasteiger partial charge is 0.362 e. The van der Waals surface area contributed by atoms with Crippen molar-refractivity contribution >= 4 is 17.3 Å². The van der Waals surface area contributed by atoms with Gasteiger partial charge in [0.1, 0.15) is 6.54 Å². The van der Waals surface area contributed by atoms with E-state index in [1.807, 2.05) is 6.92 Å². The second kappa shape index (κ2) is 6.15. The van der Waals surface area contributed by atoms with Crippen molar-refractivity contribution < 1.29 is 13.2 Å². The lowest BCUT2D eigenvalue weighted by Crippen LogP contribution is -2.35. The molecule has 96 valence electrons. The standard InChI is InChI=1S/C12H15ClF3N/c1-2-7-17(9-12(14,15)16)11-6-4-3-5-10(11)8-13/h3-6H,2,7-9H2,1H3. The van der Waals surface area contributed by atoms with E-state index in [0.717, 1.165) is 5.56 Å². The zero-order valence-electron chi connectivity index (χ0n) is 9.60. The first kappa shape index (κ1) is 14.2. The fourth-order valence-electron chi connectivity index (χ4n) is 1.70. The van der Waals surface area contributed by atoms with Gasteiger partial charge in [0.15, 0.2) is 0 Å². The van der Waals surface area contributed by atoms with Crippen LogP contribution in [0, 0.1) is 0 Å². The third-order valence-corrected chi connectivity index (χ3v) is 2.63. The third-order valence-electron chi connectivity index (χ3n) is 2.34. The van der Waals surface area contributed by atoms with Crippen molar-refractivity contribution in [1.82, 2.24) is 0 Å². The van der Waals surface area contributed by atoms with Crippen LogP contribution in [-0.4, -0.2) is 19.3 Å². The van der Waals surface area contributed by atoms with Gasteiger partial charge < -0.3 is 4.90 Å². The first-order valence-corrected chi connectivity index (χ1v) is 5.97. The summed E-state index contributed by atoms with van der Waals surface area (Å²) in [6.07, 6.45) is -3.54. The summed E-state index contributed by atoms with van der Waals surface area (Å²) in [4.78, 5) is 1.33. The predicted molar refractivity (Wildman–Crippen MR) is 64.6 cm³/mol. The van der Waals surface area contributed by atoms with Crippen molar-refractivity contribution in [2.45, 2.75) is 25.4 Å². The fraction of sp³-hybridized carbons (Fsp3) is 0.500. The third kappa shape index (κ3) is 4.46. The van der Waals surface area contributed by atoms with Crippen LogP contribution in [0.3, 0.4) is 0 Å². The average Bonchev–Trinajstić information content (AvgIpc) is 2.27. The highest BCUT2D eigenvalue weighted by atomic mass is 35.5. The summed E-state index contributed by atoms with van der Waals surface area (Å²) in [5.41, 5.74) is 1.30. The highest BCUT2D eigenvalue weighted by Crippen LogP contribution is 2.26. The van der Waals surface area contributed by atoms with Gasteiger partial charge in [0.2, 0.25) is 0 Å². The van der Waals surface area contributed by atoms with Crippen LogP contribution in [0.1, 0.15) is 18.9 Å². The highest BCUT2D eigenvalue weighted by Gasteiger charge is 2.31. The van der Waals surface area contributed by atoms with Crippen molar-refractivity contribution in [2.75, 3.05) is 18.0 Å². The number of hydrogen-bond acceptors (Lipinski definition) is 1. The maximum Gasteiger partial charge on any atom is 0.405 e. The van der Waals surface area contributed by atoms with Gasteiger partial charge in [0, 0.05) is 18.1 Å². The van der Waals surface area contributed by atoms with E-state index in [9.17, 15) is 13.2 Å². The number of nitrogens with zero attached hydrogens (tertiary/aromatic N) is 1. The molecule has 1 rings (SSSR count). The van der Waals surface area contributed by atoms with E-state index in [4.69, 9.17) is 11.6 Å². The van der Waals surface area contributed by atoms with Crippen LogP contribution in [0.2, 0.25) is 0 Å². The molecule has 0 atom stereocenters. The molecule has 0 bridgehead atoms. The van der Waals surface area contributed by atoms with E-state index in [0.29, 0.717) is 18.7 Å². The topological polar surface area (TPSA) is 3.24 Å². The van der Waals surface area contributed by atoms with Crippen molar-refractivity contribution in [3.63, 3.8) is 0 Å². The van der Waals surface area contributed by atoms with Crippen LogP contribution in [0.5, 0.6) is 0 Å². The molecule has 0 heterocycles. The Bertz CT molecular complexity index is 352. The molecular formula is C12H15ClF3N. The average molecular weight is 266 g/mol. The van der Waals surface area contributed by atoms with Crippen molar-refractivity contribution in [3.8, 4) is 0 Å². The zero-order chi connectivity index (χ0) is 12.9. The van der Waals surface area contributed by atoms with Crippen LogP contribution in [0.4, 0.5) is 18.9 Å². The molecule has 0 fully saturated rings. The van der Waals surface area contributed by atoms with E-state index in [1.54, 1.807) is 24.3 Å². The van der Waals surface area contributed by atoms with Crippen molar-refractivity contribution in [1.29, 1.82) is 0 Å². The molecule has 1 aromatic carbocycles. The summed E-state index contributed by atoms with van der Waals surface area (Å²) in [6.45, 7) is 1.29. The summed E-state index contributed by atoms with van der Waals surface area (Å²) in [5.74, 6) is 0.217. The lowest BCUT2D eigenvalue weighted by Gasteiger charge is -2.27. The molecule has 0 radical (unpaired) electrons. The second-order valence-corrected chi connectivity index (χ2v) is 4.07. The molecule has 0 saturated heterocycles.